The second-order valence-corrected chi connectivity index (χ2v) is 5.15. The molecule has 1 unspecified atom stereocenters. The lowest BCUT2D eigenvalue weighted by molar-refractivity contribution is -0.462. The average molecular weight is 277 g/mol. The van der Waals surface area contributed by atoms with Crippen LogP contribution in [0.2, 0.25) is 0 Å². The fourth-order valence-electron chi connectivity index (χ4n) is 1.92. The van der Waals surface area contributed by atoms with Crippen LogP contribution >= 0.6 is 0 Å². The minimum atomic E-state index is -1.27. The number of aliphatic hydroxyl groups is 1. The van der Waals surface area contributed by atoms with Gasteiger partial charge in [0.2, 0.25) is 0 Å². The summed E-state index contributed by atoms with van der Waals surface area (Å²) in [4.78, 5) is 7.51. The normalized spacial score (nSPS) is 19.9. The van der Waals surface area contributed by atoms with Crippen molar-refractivity contribution < 1.29 is 10.1 Å². The molecule has 0 radical (unpaired) electrons. The van der Waals surface area contributed by atoms with Gasteiger partial charge in [0.1, 0.15) is 0 Å². The Morgan fingerprint density at radius 3 is 2.84 bits per heavy atom. The van der Waals surface area contributed by atoms with Gasteiger partial charge in [0.15, 0.2) is 5.60 Å². The molecule has 5 heteroatoms. The predicted molar refractivity (Wildman–Crippen MR) is 79.6 cm³/mol. The fraction of sp³-hybridized carbons (Fsp3) is 0.429. The van der Waals surface area contributed by atoms with E-state index >= 15 is 0 Å². The zero-order valence-corrected chi connectivity index (χ0v) is 11.8. The number of para-hydroxylation sites is 1. The third-order valence-electron chi connectivity index (χ3n) is 3.10. The number of hydrogen-bond acceptors (Lipinski definition) is 4. The molecule has 0 bridgehead atoms. The van der Waals surface area contributed by atoms with E-state index in [1.165, 1.54) is 0 Å². The highest BCUT2D eigenvalue weighted by molar-refractivity contribution is 7.78. The van der Waals surface area contributed by atoms with E-state index in [4.69, 9.17) is 12.6 Å². The molecule has 1 aromatic rings. The summed E-state index contributed by atoms with van der Waals surface area (Å²) in [5.74, 6) is 0.648. The maximum atomic E-state index is 10.6. The molecule has 0 saturated heterocycles. The van der Waals surface area contributed by atoms with Gasteiger partial charge in [0.25, 0.3) is 5.84 Å². The molecule has 1 aliphatic heterocycles. The summed E-state index contributed by atoms with van der Waals surface area (Å²) in [7, 11) is 0. The highest BCUT2D eigenvalue weighted by Crippen LogP contribution is 2.14. The molecule has 0 fully saturated rings. The van der Waals surface area contributed by atoms with Crippen LogP contribution in [-0.4, -0.2) is 34.7 Å². The lowest BCUT2D eigenvalue weighted by Crippen LogP contribution is -2.80. The minimum absolute atomic E-state index is 0.260. The van der Waals surface area contributed by atoms with E-state index in [-0.39, 0.29) is 5.04 Å². The number of hydrogen-bond donors (Lipinski definition) is 3. The SMILES string of the molecule is CC(O)(C([S-])=Nc1ccccc1)C1=[NH+]CCCCN1. The van der Waals surface area contributed by atoms with E-state index in [0.717, 1.165) is 31.6 Å². The third-order valence-corrected chi connectivity index (χ3v) is 3.59. The first-order valence-electron chi connectivity index (χ1n) is 6.49. The molecule has 19 heavy (non-hydrogen) atoms. The van der Waals surface area contributed by atoms with Crippen molar-refractivity contribution in [2.75, 3.05) is 13.1 Å². The Hall–Kier alpha value is -1.46. The van der Waals surface area contributed by atoms with Crippen molar-refractivity contribution in [3.63, 3.8) is 0 Å². The Balaban J connectivity index is 2.23. The number of nitrogens with zero attached hydrogens (tertiary/aromatic N) is 1. The van der Waals surface area contributed by atoms with Gasteiger partial charge in [0.05, 0.1) is 18.8 Å². The Bertz CT molecular complexity index is 483. The number of benzene rings is 1. The van der Waals surface area contributed by atoms with Crippen molar-refractivity contribution >= 4 is 29.2 Å². The van der Waals surface area contributed by atoms with Gasteiger partial charge in [-0.3, -0.25) is 15.3 Å². The van der Waals surface area contributed by atoms with Crippen molar-refractivity contribution in [1.82, 2.24) is 5.32 Å². The van der Waals surface area contributed by atoms with Gasteiger partial charge in [-0.2, -0.15) is 0 Å². The maximum Gasteiger partial charge on any atom is 0.278 e. The van der Waals surface area contributed by atoms with Gasteiger partial charge in [0, 0.05) is 0 Å². The summed E-state index contributed by atoms with van der Waals surface area (Å²) in [6.45, 7) is 3.35. The summed E-state index contributed by atoms with van der Waals surface area (Å²) in [6, 6.07) is 9.43. The zero-order valence-electron chi connectivity index (χ0n) is 11.0. The molecule has 1 aromatic carbocycles. The molecule has 1 atom stereocenters. The molecule has 1 heterocycles. The Labute approximate surface area is 119 Å². The van der Waals surface area contributed by atoms with E-state index < -0.39 is 5.60 Å². The van der Waals surface area contributed by atoms with Gasteiger partial charge in [-0.1, -0.05) is 23.2 Å². The molecule has 3 N–H and O–H groups in total. The zero-order chi connectivity index (χ0) is 13.7. The molecular formula is C14H19N3OS. The second-order valence-electron chi connectivity index (χ2n) is 4.76. The Kier molecular flexibility index (Phi) is 4.50. The Morgan fingerprint density at radius 1 is 1.37 bits per heavy atom. The maximum absolute atomic E-state index is 10.6. The monoisotopic (exact) mass is 277 g/mol. The second kappa shape index (κ2) is 6.12. The standard InChI is InChI=1S/C14H19N3OS/c1-14(18,12-15-9-5-6-10-16-12)13(19)17-11-7-3-2-4-8-11/h2-4,7-8,18H,5-6,9-10H2,1H3,(H,15,16)(H,17,19). The van der Waals surface area contributed by atoms with Gasteiger partial charge >= 0.3 is 0 Å². The number of nitrogens with one attached hydrogen (secondary N) is 2. The topological polar surface area (TPSA) is 58.6 Å². The van der Waals surface area contributed by atoms with Crippen LogP contribution in [0, 0.1) is 0 Å². The third kappa shape index (κ3) is 3.52. The molecule has 0 aromatic heterocycles. The molecule has 2 rings (SSSR count). The smallest absolute Gasteiger partial charge is 0.278 e. The molecule has 4 nitrogen and oxygen atoms in total. The van der Waals surface area contributed by atoms with Crippen molar-refractivity contribution in [2.24, 2.45) is 4.99 Å². The van der Waals surface area contributed by atoms with Crippen molar-refractivity contribution in [3.05, 3.63) is 30.3 Å². The molecule has 102 valence electrons. The summed E-state index contributed by atoms with van der Waals surface area (Å²) >= 11 is 5.28. The van der Waals surface area contributed by atoms with Gasteiger partial charge in [-0.15, -0.1) is 0 Å². The molecule has 0 saturated carbocycles. The number of aliphatic imine (C=N–C) groups is 1. The largest absolute Gasteiger partial charge is 0.761 e. The quantitative estimate of drug-likeness (QED) is 0.410. The first-order chi connectivity index (χ1) is 9.10. The van der Waals surface area contributed by atoms with Crippen molar-refractivity contribution in [1.29, 1.82) is 0 Å². The van der Waals surface area contributed by atoms with Crippen LogP contribution in [0.3, 0.4) is 0 Å². The summed E-state index contributed by atoms with van der Waals surface area (Å²) in [6.07, 6.45) is 2.16. The minimum Gasteiger partial charge on any atom is -0.761 e. The molecule has 1 aliphatic rings. The number of rotatable bonds is 3. The van der Waals surface area contributed by atoms with E-state index in [0.29, 0.717) is 5.84 Å². The molecule has 0 spiro atoms. The van der Waals surface area contributed by atoms with E-state index in [1.807, 2.05) is 30.3 Å². The van der Waals surface area contributed by atoms with Gasteiger partial charge < -0.3 is 17.7 Å². The van der Waals surface area contributed by atoms with E-state index in [9.17, 15) is 5.11 Å². The average Bonchev–Trinajstić information content (AvgIpc) is 2.69. The van der Waals surface area contributed by atoms with Crippen LogP contribution < -0.4 is 10.3 Å². The predicted octanol–water partition coefficient (Wildman–Crippen LogP) is -0.123. The van der Waals surface area contributed by atoms with E-state index in [1.54, 1.807) is 6.92 Å². The van der Waals surface area contributed by atoms with Crippen LogP contribution in [0.5, 0.6) is 0 Å². The Morgan fingerprint density at radius 2 is 2.11 bits per heavy atom. The number of amidine groups is 1. The van der Waals surface area contributed by atoms with Crippen LogP contribution in [-0.2, 0) is 12.6 Å². The van der Waals surface area contributed by atoms with Crippen molar-refractivity contribution in [2.45, 2.75) is 25.4 Å². The lowest BCUT2D eigenvalue weighted by atomic mass is 10.1. The van der Waals surface area contributed by atoms with Gasteiger partial charge in [-0.05, 0) is 31.9 Å². The van der Waals surface area contributed by atoms with Crippen molar-refractivity contribution in [3.8, 4) is 0 Å². The highest BCUT2D eigenvalue weighted by atomic mass is 32.1. The highest BCUT2D eigenvalue weighted by Gasteiger charge is 2.33. The summed E-state index contributed by atoms with van der Waals surface area (Å²) < 4.78 is 0. The summed E-state index contributed by atoms with van der Waals surface area (Å²) in [5.41, 5.74) is -0.516. The van der Waals surface area contributed by atoms with Crippen LogP contribution in [0.25, 0.3) is 0 Å². The van der Waals surface area contributed by atoms with E-state index in [2.05, 4.69) is 15.3 Å². The lowest BCUT2D eigenvalue weighted by Gasteiger charge is -2.27. The van der Waals surface area contributed by atoms with Crippen LogP contribution in [0.15, 0.2) is 35.3 Å². The van der Waals surface area contributed by atoms with Gasteiger partial charge in [-0.25, -0.2) is 0 Å². The first-order valence-corrected chi connectivity index (χ1v) is 6.90. The summed E-state index contributed by atoms with van der Waals surface area (Å²) in [5, 5.41) is 14.1. The molecule has 0 amide bonds. The van der Waals surface area contributed by atoms with Crippen LogP contribution in [0.1, 0.15) is 19.8 Å². The first kappa shape index (κ1) is 14.0. The molecule has 0 aliphatic carbocycles. The fourth-order valence-corrected chi connectivity index (χ4v) is 2.13. The molecular weight excluding hydrogens is 258 g/mol. The van der Waals surface area contributed by atoms with Crippen LogP contribution in [0.4, 0.5) is 5.69 Å².